The Labute approximate surface area is 153 Å². The van der Waals surface area contributed by atoms with Gasteiger partial charge in [0, 0.05) is 5.39 Å². The van der Waals surface area contributed by atoms with E-state index in [1.807, 2.05) is 30.3 Å². The van der Waals surface area contributed by atoms with Crippen molar-refractivity contribution in [2.45, 2.75) is 0 Å². The van der Waals surface area contributed by atoms with Crippen LogP contribution in [0.2, 0.25) is 0 Å². The number of aromatic nitrogens is 2. The van der Waals surface area contributed by atoms with Gasteiger partial charge in [-0.15, -0.1) is 5.10 Å². The van der Waals surface area contributed by atoms with E-state index in [1.54, 1.807) is 31.4 Å². The summed E-state index contributed by atoms with van der Waals surface area (Å²) in [5.41, 5.74) is 0.579. The summed E-state index contributed by atoms with van der Waals surface area (Å²) in [4.78, 5) is 12.0. The Morgan fingerprint density at radius 2 is 1.93 bits per heavy atom. The molecule has 8 heteroatoms. The predicted molar refractivity (Wildman–Crippen MR) is 96.6 cm³/mol. The zero-order chi connectivity index (χ0) is 18.6. The summed E-state index contributed by atoms with van der Waals surface area (Å²) in [5, 5.41) is 11.0. The third-order valence-corrected chi connectivity index (χ3v) is 3.72. The second-order valence-corrected chi connectivity index (χ2v) is 5.55. The molecular weight excluding hydrogens is 350 g/mol. The fraction of sp³-hybridized carbons (Fsp3) is 0.105. The van der Waals surface area contributed by atoms with Crippen LogP contribution in [0.3, 0.4) is 0 Å². The van der Waals surface area contributed by atoms with Crippen LogP contribution >= 0.6 is 0 Å². The molecule has 0 aliphatic carbocycles. The number of anilines is 1. The summed E-state index contributed by atoms with van der Waals surface area (Å²) in [7, 11) is 1.56. The molecule has 2 heterocycles. The van der Waals surface area contributed by atoms with E-state index in [1.165, 1.54) is 0 Å². The lowest BCUT2D eigenvalue weighted by molar-refractivity contribution is -0.118. The number of methoxy groups -OCH3 is 1. The van der Waals surface area contributed by atoms with Gasteiger partial charge in [0.25, 0.3) is 11.8 Å². The van der Waals surface area contributed by atoms with Gasteiger partial charge < -0.3 is 18.3 Å². The maximum absolute atomic E-state index is 12.0. The number of benzene rings is 2. The van der Waals surface area contributed by atoms with Crippen LogP contribution in [0.15, 0.2) is 63.4 Å². The van der Waals surface area contributed by atoms with E-state index in [4.69, 9.17) is 18.3 Å². The Morgan fingerprint density at radius 3 is 2.74 bits per heavy atom. The molecule has 0 aliphatic heterocycles. The van der Waals surface area contributed by atoms with E-state index in [2.05, 4.69) is 15.5 Å². The van der Waals surface area contributed by atoms with Crippen LogP contribution in [0.1, 0.15) is 0 Å². The lowest BCUT2D eigenvalue weighted by Gasteiger charge is -2.04. The highest BCUT2D eigenvalue weighted by Gasteiger charge is 2.17. The second-order valence-electron chi connectivity index (χ2n) is 5.55. The number of ether oxygens (including phenoxy) is 2. The van der Waals surface area contributed by atoms with Crippen molar-refractivity contribution < 1.29 is 23.1 Å². The zero-order valence-electron chi connectivity index (χ0n) is 14.3. The van der Waals surface area contributed by atoms with E-state index in [9.17, 15) is 4.79 Å². The number of fused-ring (bicyclic) bond motifs is 1. The molecule has 2 aromatic carbocycles. The Hall–Kier alpha value is -3.81. The molecule has 136 valence electrons. The number of hydrogen-bond donors (Lipinski definition) is 1. The average Bonchev–Trinajstić information content (AvgIpc) is 3.33. The fourth-order valence-electron chi connectivity index (χ4n) is 2.50. The minimum atomic E-state index is -0.416. The van der Waals surface area contributed by atoms with Crippen LogP contribution in [0.4, 0.5) is 6.01 Å². The SMILES string of the molecule is COc1cccc2cc(-c3nnc(NC(=O)COc4ccccc4)o3)oc12. The van der Waals surface area contributed by atoms with Crippen molar-refractivity contribution in [2.75, 3.05) is 19.0 Å². The van der Waals surface area contributed by atoms with Crippen molar-refractivity contribution in [3.8, 4) is 23.1 Å². The second kappa shape index (κ2) is 7.20. The van der Waals surface area contributed by atoms with Crippen molar-refractivity contribution in [1.82, 2.24) is 10.2 Å². The molecule has 0 radical (unpaired) electrons. The Balaban J connectivity index is 1.45. The van der Waals surface area contributed by atoms with Crippen molar-refractivity contribution in [2.24, 2.45) is 0 Å². The predicted octanol–water partition coefficient (Wildman–Crippen LogP) is 3.51. The van der Waals surface area contributed by atoms with Crippen molar-refractivity contribution in [1.29, 1.82) is 0 Å². The molecule has 1 amide bonds. The molecule has 2 aromatic heterocycles. The largest absolute Gasteiger partial charge is 0.493 e. The molecule has 27 heavy (non-hydrogen) atoms. The molecule has 4 rings (SSSR count). The van der Waals surface area contributed by atoms with Crippen molar-refractivity contribution in [3.05, 3.63) is 54.6 Å². The third kappa shape index (κ3) is 3.59. The molecular formula is C19H15N3O5. The topological polar surface area (TPSA) is 99.6 Å². The highest BCUT2D eigenvalue weighted by Crippen LogP contribution is 2.33. The standard InChI is InChI=1S/C19H15N3O5/c1-24-14-9-5-6-12-10-15(26-17(12)14)18-21-22-19(27-18)20-16(23)11-25-13-7-3-2-4-8-13/h2-10H,11H2,1H3,(H,20,22,23). The van der Waals surface area contributed by atoms with Crippen LogP contribution in [0.5, 0.6) is 11.5 Å². The minimum absolute atomic E-state index is 0.0425. The van der Waals surface area contributed by atoms with Crippen LogP contribution in [0.25, 0.3) is 22.6 Å². The fourth-order valence-corrected chi connectivity index (χ4v) is 2.50. The summed E-state index contributed by atoms with van der Waals surface area (Å²) >= 11 is 0. The highest BCUT2D eigenvalue weighted by molar-refractivity contribution is 5.90. The summed E-state index contributed by atoms with van der Waals surface area (Å²) < 4.78 is 21.8. The normalized spacial score (nSPS) is 10.7. The van der Waals surface area contributed by atoms with Gasteiger partial charge in [-0.1, -0.05) is 35.4 Å². The quantitative estimate of drug-likeness (QED) is 0.558. The Bertz CT molecular complexity index is 1070. The van der Waals surface area contributed by atoms with Gasteiger partial charge in [-0.2, -0.15) is 0 Å². The molecule has 0 fully saturated rings. The first kappa shape index (κ1) is 16.6. The molecule has 0 bridgehead atoms. The van der Waals surface area contributed by atoms with Gasteiger partial charge >= 0.3 is 6.01 Å². The van der Waals surface area contributed by atoms with Crippen LogP contribution in [-0.4, -0.2) is 29.8 Å². The maximum atomic E-state index is 12.0. The molecule has 4 aromatic rings. The summed E-state index contributed by atoms with van der Waals surface area (Å²) in [6, 6.07) is 16.3. The van der Waals surface area contributed by atoms with E-state index >= 15 is 0 Å². The zero-order valence-corrected chi connectivity index (χ0v) is 14.3. The summed E-state index contributed by atoms with van der Waals surface area (Å²) in [6.07, 6.45) is 0. The maximum Gasteiger partial charge on any atom is 0.322 e. The van der Waals surface area contributed by atoms with Crippen LogP contribution in [0, 0.1) is 0 Å². The number of carbonyl (C=O) groups is 1. The smallest absolute Gasteiger partial charge is 0.322 e. The van der Waals surface area contributed by atoms with Gasteiger partial charge in [-0.05, 0) is 24.3 Å². The van der Waals surface area contributed by atoms with E-state index < -0.39 is 5.91 Å². The number of furan rings is 1. The van der Waals surface area contributed by atoms with Gasteiger partial charge in [-0.3, -0.25) is 10.1 Å². The average molecular weight is 365 g/mol. The highest BCUT2D eigenvalue weighted by atomic mass is 16.5. The molecule has 1 N–H and O–H groups in total. The number of carbonyl (C=O) groups excluding carboxylic acids is 1. The Kier molecular flexibility index (Phi) is 4.44. The van der Waals surface area contributed by atoms with Crippen molar-refractivity contribution in [3.63, 3.8) is 0 Å². The molecule has 0 atom stereocenters. The van der Waals surface area contributed by atoms with Crippen molar-refractivity contribution >= 4 is 22.9 Å². The van der Waals surface area contributed by atoms with Gasteiger partial charge in [0.05, 0.1) is 7.11 Å². The lowest BCUT2D eigenvalue weighted by atomic mass is 10.2. The molecule has 0 saturated carbocycles. The summed E-state index contributed by atoms with van der Waals surface area (Å²) in [5.74, 6) is 1.30. The first-order valence-corrected chi connectivity index (χ1v) is 8.11. The minimum Gasteiger partial charge on any atom is -0.493 e. The Morgan fingerprint density at radius 1 is 1.07 bits per heavy atom. The number of hydrogen-bond acceptors (Lipinski definition) is 7. The van der Waals surface area contributed by atoms with Gasteiger partial charge in [0.2, 0.25) is 0 Å². The van der Waals surface area contributed by atoms with E-state index in [-0.39, 0.29) is 18.5 Å². The van der Waals surface area contributed by atoms with Gasteiger partial charge in [-0.25, -0.2) is 0 Å². The van der Waals surface area contributed by atoms with Gasteiger partial charge in [0.15, 0.2) is 23.7 Å². The number of nitrogens with one attached hydrogen (secondary N) is 1. The summed E-state index contributed by atoms with van der Waals surface area (Å²) in [6.45, 7) is -0.177. The molecule has 0 spiro atoms. The number of para-hydroxylation sites is 2. The number of amides is 1. The monoisotopic (exact) mass is 365 g/mol. The number of nitrogens with zero attached hydrogens (tertiary/aromatic N) is 2. The molecule has 0 aliphatic rings. The number of rotatable bonds is 6. The molecule has 0 unspecified atom stereocenters. The lowest BCUT2D eigenvalue weighted by Crippen LogP contribution is -2.20. The third-order valence-electron chi connectivity index (χ3n) is 3.72. The molecule has 8 nitrogen and oxygen atoms in total. The van der Waals surface area contributed by atoms with Crippen LogP contribution < -0.4 is 14.8 Å². The van der Waals surface area contributed by atoms with E-state index in [0.717, 1.165) is 5.39 Å². The van der Waals surface area contributed by atoms with Crippen LogP contribution in [-0.2, 0) is 4.79 Å². The molecule has 0 saturated heterocycles. The first-order chi connectivity index (χ1) is 13.2. The van der Waals surface area contributed by atoms with E-state index in [0.29, 0.717) is 22.8 Å². The van der Waals surface area contributed by atoms with Gasteiger partial charge in [0.1, 0.15) is 5.75 Å². The first-order valence-electron chi connectivity index (χ1n) is 8.11.